The van der Waals surface area contributed by atoms with Crippen molar-refractivity contribution in [3.63, 3.8) is 0 Å². The SMILES string of the molecule is Cc1ccc(/C(N)=N/O)c(=O)n1Cc1cc(Cl)ccc1F. The van der Waals surface area contributed by atoms with Crippen molar-refractivity contribution in [1.82, 2.24) is 4.57 Å². The summed E-state index contributed by atoms with van der Waals surface area (Å²) >= 11 is 5.84. The number of hydrogen-bond donors (Lipinski definition) is 2. The van der Waals surface area contributed by atoms with E-state index in [1.807, 2.05) is 0 Å². The van der Waals surface area contributed by atoms with Gasteiger partial charge in [-0.2, -0.15) is 0 Å². The number of pyridine rings is 1. The number of oxime groups is 1. The minimum Gasteiger partial charge on any atom is -0.409 e. The first-order valence-electron chi connectivity index (χ1n) is 6.06. The van der Waals surface area contributed by atoms with Crippen LogP contribution in [0.4, 0.5) is 4.39 Å². The summed E-state index contributed by atoms with van der Waals surface area (Å²) in [6, 6.07) is 7.22. The Morgan fingerprint density at radius 2 is 2.14 bits per heavy atom. The summed E-state index contributed by atoms with van der Waals surface area (Å²) in [7, 11) is 0. The van der Waals surface area contributed by atoms with E-state index in [1.165, 1.54) is 28.8 Å². The molecule has 0 atom stereocenters. The fraction of sp³-hybridized carbons (Fsp3) is 0.143. The lowest BCUT2D eigenvalue weighted by Crippen LogP contribution is -2.31. The largest absolute Gasteiger partial charge is 0.409 e. The fourth-order valence-corrected chi connectivity index (χ4v) is 2.15. The smallest absolute Gasteiger partial charge is 0.262 e. The summed E-state index contributed by atoms with van der Waals surface area (Å²) in [4.78, 5) is 12.3. The van der Waals surface area contributed by atoms with Crippen molar-refractivity contribution in [3.8, 4) is 0 Å². The third kappa shape index (κ3) is 3.05. The number of hydrogen-bond acceptors (Lipinski definition) is 3. The van der Waals surface area contributed by atoms with Crippen LogP contribution in [-0.2, 0) is 6.54 Å². The van der Waals surface area contributed by atoms with Gasteiger partial charge in [-0.15, -0.1) is 0 Å². The molecule has 2 rings (SSSR count). The minimum atomic E-state index is -0.468. The predicted octanol–water partition coefficient (Wildman–Crippen LogP) is 2.09. The van der Waals surface area contributed by atoms with Gasteiger partial charge in [0.05, 0.1) is 12.1 Å². The molecule has 0 unspecified atom stereocenters. The second kappa shape index (κ2) is 5.97. The molecule has 0 radical (unpaired) electrons. The van der Waals surface area contributed by atoms with Crippen LogP contribution in [0, 0.1) is 12.7 Å². The van der Waals surface area contributed by atoms with Crippen LogP contribution in [0.15, 0.2) is 40.3 Å². The summed E-state index contributed by atoms with van der Waals surface area (Å²) in [5.74, 6) is -0.750. The second-order valence-corrected chi connectivity index (χ2v) is 4.94. The highest BCUT2D eigenvalue weighted by atomic mass is 35.5. The molecule has 110 valence electrons. The van der Waals surface area contributed by atoms with Gasteiger partial charge in [0.1, 0.15) is 5.82 Å². The summed E-state index contributed by atoms with van der Waals surface area (Å²) in [5, 5.41) is 11.9. The van der Waals surface area contributed by atoms with Crippen LogP contribution in [-0.4, -0.2) is 15.6 Å². The molecule has 0 aliphatic carbocycles. The Bertz CT molecular complexity index is 771. The molecule has 1 aromatic heterocycles. The highest BCUT2D eigenvalue weighted by molar-refractivity contribution is 6.30. The molecule has 2 aromatic rings. The van der Waals surface area contributed by atoms with E-state index in [-0.39, 0.29) is 23.5 Å². The first-order chi connectivity index (χ1) is 9.93. The molecule has 1 aromatic carbocycles. The van der Waals surface area contributed by atoms with Gasteiger partial charge in [0, 0.05) is 16.3 Å². The maximum Gasteiger partial charge on any atom is 0.262 e. The molecule has 0 bridgehead atoms. The van der Waals surface area contributed by atoms with Crippen LogP contribution < -0.4 is 11.3 Å². The van der Waals surface area contributed by atoms with Crippen LogP contribution >= 0.6 is 11.6 Å². The molecular formula is C14H13ClFN3O2. The van der Waals surface area contributed by atoms with E-state index < -0.39 is 11.4 Å². The van der Waals surface area contributed by atoms with Crippen LogP contribution in [0.2, 0.25) is 5.02 Å². The molecule has 0 fully saturated rings. The number of nitrogens with two attached hydrogens (primary N) is 1. The van der Waals surface area contributed by atoms with Crippen LogP contribution in [0.3, 0.4) is 0 Å². The zero-order valence-electron chi connectivity index (χ0n) is 11.2. The monoisotopic (exact) mass is 309 g/mol. The third-order valence-corrected chi connectivity index (χ3v) is 3.35. The molecule has 1 heterocycles. The van der Waals surface area contributed by atoms with Crippen LogP contribution in [0.1, 0.15) is 16.8 Å². The normalized spacial score (nSPS) is 11.7. The Morgan fingerprint density at radius 1 is 1.43 bits per heavy atom. The van der Waals surface area contributed by atoms with Gasteiger partial charge >= 0.3 is 0 Å². The van der Waals surface area contributed by atoms with Crippen molar-refractivity contribution in [2.24, 2.45) is 10.9 Å². The molecule has 0 amide bonds. The highest BCUT2D eigenvalue weighted by Crippen LogP contribution is 2.16. The van der Waals surface area contributed by atoms with Crippen molar-refractivity contribution >= 4 is 17.4 Å². The summed E-state index contributed by atoms with van der Waals surface area (Å²) in [6.45, 7) is 1.71. The quantitative estimate of drug-likeness (QED) is 0.394. The van der Waals surface area contributed by atoms with Gasteiger partial charge in [0.2, 0.25) is 0 Å². The van der Waals surface area contributed by atoms with E-state index in [0.29, 0.717) is 10.7 Å². The Hall–Kier alpha value is -2.34. The molecule has 0 aliphatic heterocycles. The predicted molar refractivity (Wildman–Crippen MR) is 78.5 cm³/mol. The number of halogens is 2. The Balaban J connectivity index is 2.54. The molecule has 0 spiro atoms. The maximum absolute atomic E-state index is 13.8. The lowest BCUT2D eigenvalue weighted by atomic mass is 10.1. The number of aromatic nitrogens is 1. The van der Waals surface area contributed by atoms with Crippen LogP contribution in [0.5, 0.6) is 0 Å². The number of amidine groups is 1. The topological polar surface area (TPSA) is 80.6 Å². The van der Waals surface area contributed by atoms with Gasteiger partial charge < -0.3 is 15.5 Å². The van der Waals surface area contributed by atoms with Crippen molar-refractivity contribution in [2.45, 2.75) is 13.5 Å². The van der Waals surface area contributed by atoms with Crippen molar-refractivity contribution in [1.29, 1.82) is 0 Å². The molecule has 21 heavy (non-hydrogen) atoms. The number of aryl methyl sites for hydroxylation is 1. The van der Waals surface area contributed by atoms with Gasteiger partial charge in [0.15, 0.2) is 5.84 Å². The average Bonchev–Trinajstić information content (AvgIpc) is 2.46. The van der Waals surface area contributed by atoms with Crippen molar-refractivity contribution in [2.75, 3.05) is 0 Å². The molecular weight excluding hydrogens is 297 g/mol. The maximum atomic E-state index is 13.8. The zero-order valence-corrected chi connectivity index (χ0v) is 11.9. The van der Waals surface area contributed by atoms with Crippen molar-refractivity contribution in [3.05, 3.63) is 68.3 Å². The first kappa shape index (κ1) is 15.1. The van der Waals surface area contributed by atoms with Gasteiger partial charge in [-0.05, 0) is 37.3 Å². The van der Waals surface area contributed by atoms with Gasteiger partial charge in [-0.25, -0.2) is 4.39 Å². The standard InChI is InChI=1S/C14H13ClFN3O2/c1-8-2-4-11(13(17)18-21)14(20)19(8)7-9-6-10(15)3-5-12(9)16/h2-6,21H,7H2,1H3,(H2,17,18). The van der Waals surface area contributed by atoms with Crippen molar-refractivity contribution < 1.29 is 9.60 Å². The Labute approximate surface area is 125 Å². The van der Waals surface area contributed by atoms with Crippen LogP contribution in [0.25, 0.3) is 0 Å². The minimum absolute atomic E-state index is 0.00358. The zero-order chi connectivity index (χ0) is 15.6. The van der Waals surface area contributed by atoms with Gasteiger partial charge in [0.25, 0.3) is 5.56 Å². The summed E-state index contributed by atoms with van der Waals surface area (Å²) in [5.41, 5.74) is 5.93. The molecule has 0 saturated heterocycles. The average molecular weight is 310 g/mol. The van der Waals surface area contributed by atoms with E-state index >= 15 is 0 Å². The third-order valence-electron chi connectivity index (χ3n) is 3.11. The second-order valence-electron chi connectivity index (χ2n) is 4.50. The lowest BCUT2D eigenvalue weighted by Gasteiger charge is -2.12. The Morgan fingerprint density at radius 3 is 2.81 bits per heavy atom. The van der Waals surface area contributed by atoms with E-state index in [4.69, 9.17) is 22.5 Å². The van der Waals surface area contributed by atoms with Gasteiger partial charge in [-0.1, -0.05) is 16.8 Å². The van der Waals surface area contributed by atoms with E-state index in [2.05, 4.69) is 5.16 Å². The summed E-state index contributed by atoms with van der Waals surface area (Å²) < 4.78 is 15.1. The molecule has 0 aliphatic rings. The van der Waals surface area contributed by atoms with Gasteiger partial charge in [-0.3, -0.25) is 4.79 Å². The van der Waals surface area contributed by atoms with E-state index in [0.717, 1.165) is 0 Å². The first-order valence-corrected chi connectivity index (χ1v) is 6.44. The number of nitrogens with zero attached hydrogens (tertiary/aromatic N) is 2. The summed E-state index contributed by atoms with van der Waals surface area (Å²) in [6.07, 6.45) is 0. The highest BCUT2D eigenvalue weighted by Gasteiger charge is 2.12. The molecule has 0 saturated carbocycles. The lowest BCUT2D eigenvalue weighted by molar-refractivity contribution is 0.318. The Kier molecular flexibility index (Phi) is 4.28. The molecule has 5 nitrogen and oxygen atoms in total. The molecule has 7 heteroatoms. The fourth-order valence-electron chi connectivity index (χ4n) is 1.95. The number of rotatable bonds is 3. The molecule has 3 N–H and O–H groups in total. The van der Waals surface area contributed by atoms with E-state index in [9.17, 15) is 9.18 Å². The van der Waals surface area contributed by atoms with E-state index in [1.54, 1.807) is 13.0 Å². The number of benzene rings is 1.